The van der Waals surface area contributed by atoms with Gasteiger partial charge in [-0.1, -0.05) is 95.8 Å². The van der Waals surface area contributed by atoms with Gasteiger partial charge >= 0.3 is 0 Å². The van der Waals surface area contributed by atoms with Gasteiger partial charge in [0, 0.05) is 18.9 Å². The van der Waals surface area contributed by atoms with Crippen LogP contribution in [0.5, 0.6) is 0 Å². The molecule has 0 aliphatic heterocycles. The lowest BCUT2D eigenvalue weighted by atomic mass is 9.63. The van der Waals surface area contributed by atoms with E-state index < -0.39 is 35.4 Å². The lowest BCUT2D eigenvalue weighted by Crippen LogP contribution is -2.58. The van der Waals surface area contributed by atoms with Crippen molar-refractivity contribution in [1.29, 1.82) is 0 Å². The molecule has 0 aromatic heterocycles. The standard InChI is InChI=1S/C42H76O7/c1-4-7-8-21-27-37(42(49)29-23-28-41(42,48)32-34(45)6-3)35(25-19-16-17-22-30-43)40-36(38(46)31-39(40)47)26-20-15-13-11-9-10-12-14-18-24-33(44)5-2/h12,14,19,21,25,27,33-40,43-49H,4-11,13,15-18,20,22-24,26,28-32H2,1-3H3/b14-12+,25-19?,27-21-/t33?,34?,35?,36?,37?,38-,39+,40?,41?,42?/m1/s1. The third kappa shape index (κ3) is 14.1. The van der Waals surface area contributed by atoms with Crippen molar-refractivity contribution in [2.24, 2.45) is 23.7 Å². The average molecular weight is 693 g/mol. The summed E-state index contributed by atoms with van der Waals surface area (Å²) in [5.41, 5.74) is -2.93. The first-order chi connectivity index (χ1) is 23.6. The van der Waals surface area contributed by atoms with Gasteiger partial charge in [-0.25, -0.2) is 0 Å². The number of allylic oxidation sites excluding steroid dienone is 5. The third-order valence-electron chi connectivity index (χ3n) is 11.7. The third-order valence-corrected chi connectivity index (χ3v) is 11.7. The molecular formula is C42H76O7. The maximum Gasteiger partial charge on any atom is 0.100 e. The Morgan fingerprint density at radius 2 is 1.33 bits per heavy atom. The van der Waals surface area contributed by atoms with E-state index in [0.717, 1.165) is 96.3 Å². The van der Waals surface area contributed by atoms with E-state index in [0.29, 0.717) is 38.5 Å². The maximum absolute atomic E-state index is 12.6. The fourth-order valence-electron chi connectivity index (χ4n) is 8.62. The fraction of sp³-hybridized carbons (Fsp3) is 0.857. The van der Waals surface area contributed by atoms with Crippen molar-refractivity contribution in [2.75, 3.05) is 6.61 Å². The summed E-state index contributed by atoms with van der Waals surface area (Å²) in [6, 6.07) is 0. The summed E-state index contributed by atoms with van der Waals surface area (Å²) < 4.78 is 0. The Bertz CT molecular complexity index is 936. The summed E-state index contributed by atoms with van der Waals surface area (Å²) in [5.74, 6) is -1.18. The Hall–Kier alpha value is -1.06. The molecule has 7 heteroatoms. The fourth-order valence-corrected chi connectivity index (χ4v) is 8.62. The van der Waals surface area contributed by atoms with Gasteiger partial charge in [0.1, 0.15) is 5.60 Å². The van der Waals surface area contributed by atoms with Crippen LogP contribution in [-0.4, -0.2) is 78.0 Å². The summed E-state index contributed by atoms with van der Waals surface area (Å²) in [6.45, 7) is 6.19. The highest BCUT2D eigenvalue weighted by molar-refractivity contribution is 5.19. The van der Waals surface area contributed by atoms with Crippen molar-refractivity contribution in [3.05, 3.63) is 36.5 Å². The molecule has 2 aliphatic rings. The molecule has 7 N–H and O–H groups in total. The average Bonchev–Trinajstić information content (AvgIpc) is 3.53. The van der Waals surface area contributed by atoms with E-state index in [9.17, 15) is 35.7 Å². The molecule has 286 valence electrons. The van der Waals surface area contributed by atoms with Gasteiger partial charge in [-0.05, 0) is 114 Å². The summed E-state index contributed by atoms with van der Waals surface area (Å²) in [4.78, 5) is 0. The highest BCUT2D eigenvalue weighted by Crippen LogP contribution is 2.54. The van der Waals surface area contributed by atoms with Crippen LogP contribution in [0.25, 0.3) is 0 Å². The number of aliphatic hydroxyl groups excluding tert-OH is 5. The van der Waals surface area contributed by atoms with Gasteiger partial charge in [0.05, 0.1) is 30.0 Å². The molecule has 0 aromatic carbocycles. The van der Waals surface area contributed by atoms with E-state index in [1.807, 2.05) is 13.8 Å². The maximum atomic E-state index is 12.6. The number of rotatable bonds is 27. The minimum Gasteiger partial charge on any atom is -0.396 e. The molecule has 2 saturated carbocycles. The highest BCUT2D eigenvalue weighted by Gasteiger charge is 2.60. The molecule has 49 heavy (non-hydrogen) atoms. The number of aliphatic hydroxyl groups is 7. The van der Waals surface area contributed by atoms with Crippen molar-refractivity contribution in [2.45, 2.75) is 198 Å². The summed E-state index contributed by atoms with van der Waals surface area (Å²) >= 11 is 0. The van der Waals surface area contributed by atoms with Crippen molar-refractivity contribution in [1.82, 2.24) is 0 Å². The van der Waals surface area contributed by atoms with Crippen molar-refractivity contribution < 1.29 is 35.7 Å². The van der Waals surface area contributed by atoms with Gasteiger partial charge in [-0.2, -0.15) is 0 Å². The van der Waals surface area contributed by atoms with Crippen molar-refractivity contribution in [3.63, 3.8) is 0 Å². The molecule has 2 fully saturated rings. The number of hydrogen-bond donors (Lipinski definition) is 7. The lowest BCUT2D eigenvalue weighted by molar-refractivity contribution is -0.178. The van der Waals surface area contributed by atoms with Crippen LogP contribution in [0.3, 0.4) is 0 Å². The second kappa shape index (κ2) is 24.2. The van der Waals surface area contributed by atoms with E-state index in [1.165, 1.54) is 0 Å². The Kier molecular flexibility index (Phi) is 21.8. The molecule has 0 heterocycles. The zero-order chi connectivity index (χ0) is 36.1. The van der Waals surface area contributed by atoms with Gasteiger partial charge < -0.3 is 35.7 Å². The molecule has 2 aliphatic carbocycles. The molecule has 0 radical (unpaired) electrons. The van der Waals surface area contributed by atoms with Gasteiger partial charge in [0.2, 0.25) is 0 Å². The van der Waals surface area contributed by atoms with E-state index in [2.05, 4.69) is 43.4 Å². The van der Waals surface area contributed by atoms with Crippen LogP contribution in [0.15, 0.2) is 36.5 Å². The van der Waals surface area contributed by atoms with E-state index in [-0.39, 0.29) is 36.9 Å². The Labute approximate surface area is 299 Å². The van der Waals surface area contributed by atoms with Crippen LogP contribution in [0.4, 0.5) is 0 Å². The predicted octanol–water partition coefficient (Wildman–Crippen LogP) is 7.69. The summed E-state index contributed by atoms with van der Waals surface area (Å²) in [7, 11) is 0. The minimum atomic E-state index is -1.48. The van der Waals surface area contributed by atoms with Gasteiger partial charge in [-0.15, -0.1) is 0 Å². The molecule has 2 rings (SSSR count). The summed E-state index contributed by atoms with van der Waals surface area (Å²) in [5, 5.41) is 77.4. The predicted molar refractivity (Wildman–Crippen MR) is 201 cm³/mol. The van der Waals surface area contributed by atoms with E-state index >= 15 is 0 Å². The second-order valence-electron chi connectivity index (χ2n) is 15.5. The minimum absolute atomic E-state index is 0.114. The molecule has 0 aromatic rings. The van der Waals surface area contributed by atoms with E-state index in [4.69, 9.17) is 0 Å². The molecule has 0 saturated heterocycles. The molecule has 10 atom stereocenters. The smallest absolute Gasteiger partial charge is 0.100 e. The van der Waals surface area contributed by atoms with Crippen LogP contribution >= 0.6 is 0 Å². The quantitative estimate of drug-likeness (QED) is 0.0346. The van der Waals surface area contributed by atoms with Gasteiger partial charge in [-0.3, -0.25) is 0 Å². The zero-order valence-corrected chi connectivity index (χ0v) is 31.5. The Balaban J connectivity index is 2.25. The van der Waals surface area contributed by atoms with Gasteiger partial charge in [0.15, 0.2) is 0 Å². The van der Waals surface area contributed by atoms with Crippen LogP contribution in [-0.2, 0) is 0 Å². The second-order valence-corrected chi connectivity index (χ2v) is 15.5. The molecule has 0 amide bonds. The van der Waals surface area contributed by atoms with Gasteiger partial charge in [0.25, 0.3) is 0 Å². The largest absolute Gasteiger partial charge is 0.396 e. The molecule has 8 unspecified atom stereocenters. The number of unbranched alkanes of at least 4 members (excludes halogenated alkanes) is 9. The first kappa shape index (κ1) is 44.1. The zero-order valence-electron chi connectivity index (χ0n) is 31.5. The molecule has 7 nitrogen and oxygen atoms in total. The Morgan fingerprint density at radius 3 is 2.04 bits per heavy atom. The van der Waals surface area contributed by atoms with Crippen LogP contribution in [0, 0.1) is 23.7 Å². The topological polar surface area (TPSA) is 142 Å². The van der Waals surface area contributed by atoms with E-state index in [1.54, 1.807) is 0 Å². The summed E-state index contributed by atoms with van der Waals surface area (Å²) in [6.07, 6.45) is 28.2. The molecular weight excluding hydrogens is 616 g/mol. The normalized spacial score (nSPS) is 30.2. The van der Waals surface area contributed by atoms with Crippen molar-refractivity contribution >= 4 is 0 Å². The highest BCUT2D eigenvalue weighted by atomic mass is 16.4. The first-order valence-electron chi connectivity index (χ1n) is 20.3. The lowest BCUT2D eigenvalue weighted by Gasteiger charge is -2.48. The first-order valence-corrected chi connectivity index (χ1v) is 20.3. The van der Waals surface area contributed by atoms with Crippen molar-refractivity contribution in [3.8, 4) is 0 Å². The monoisotopic (exact) mass is 693 g/mol. The number of hydrogen-bond acceptors (Lipinski definition) is 7. The SMILES string of the molecule is CCCC/C=C\C(C(C=CCCCCO)C1C(CCCCCCC/C=C/CCC(O)CC)[C@H](O)C[C@@H]1O)C1(O)CCCC1(O)CC(O)CC. The Morgan fingerprint density at radius 1 is 0.694 bits per heavy atom. The molecule has 0 bridgehead atoms. The van der Waals surface area contributed by atoms with Crippen LogP contribution in [0.1, 0.15) is 162 Å². The van der Waals surface area contributed by atoms with Crippen LogP contribution in [0.2, 0.25) is 0 Å². The van der Waals surface area contributed by atoms with Crippen LogP contribution < -0.4 is 0 Å². The molecule has 0 spiro atoms.